The van der Waals surface area contributed by atoms with Gasteiger partial charge in [-0.05, 0) is 53.4 Å². The highest BCUT2D eigenvalue weighted by molar-refractivity contribution is 8.00. The number of aliphatic hydroxyl groups is 1. The second-order valence-electron chi connectivity index (χ2n) is 7.42. The lowest BCUT2D eigenvalue weighted by molar-refractivity contribution is -0.0977. The summed E-state index contributed by atoms with van der Waals surface area (Å²) in [5, 5.41) is 10.0. The molecule has 2 aromatic rings. The standard InChI is InChI=1S/C20H14F8OS/c21-8-5-11-13(22)3-1-10(16(11)14(23)6-8)9-2-4-15(30-20(26,27)28)17-12(9)7-19(24,25)18(17)29/h2,4-6,10,13,18,29H,1,3,7H2/t10-,13+,18+/m1/s1. The Labute approximate surface area is 170 Å². The van der Waals surface area contributed by atoms with Crippen molar-refractivity contribution in [1.29, 1.82) is 0 Å². The molecule has 2 aliphatic rings. The SMILES string of the molecule is O[C@H]1c2c(SC(F)(F)F)ccc([C@H]3CC[C@H](F)c4cc(F)cc(F)c43)c2CC1(F)F. The second kappa shape index (κ2) is 7.12. The molecule has 0 aliphatic heterocycles. The number of aliphatic hydroxyl groups excluding tert-OH is 1. The Kier molecular flexibility index (Phi) is 5.08. The maximum Gasteiger partial charge on any atom is 0.446 e. The van der Waals surface area contributed by atoms with Crippen LogP contribution >= 0.6 is 11.8 Å². The summed E-state index contributed by atoms with van der Waals surface area (Å²) in [6.07, 6.45) is -5.27. The molecule has 0 fully saturated rings. The summed E-state index contributed by atoms with van der Waals surface area (Å²) in [6, 6.07) is 3.53. The third-order valence-electron chi connectivity index (χ3n) is 5.56. The maximum absolute atomic E-state index is 14.6. The van der Waals surface area contributed by atoms with Crippen LogP contribution in [-0.4, -0.2) is 16.5 Å². The molecule has 0 bridgehead atoms. The Morgan fingerprint density at radius 3 is 2.37 bits per heavy atom. The Morgan fingerprint density at radius 2 is 1.70 bits per heavy atom. The van der Waals surface area contributed by atoms with Crippen LogP contribution in [0.2, 0.25) is 0 Å². The van der Waals surface area contributed by atoms with Gasteiger partial charge in [-0.3, -0.25) is 0 Å². The highest BCUT2D eigenvalue weighted by Gasteiger charge is 2.50. The predicted molar refractivity (Wildman–Crippen MR) is 93.2 cm³/mol. The lowest BCUT2D eigenvalue weighted by atomic mass is 9.76. The Balaban J connectivity index is 1.90. The number of hydrogen-bond acceptors (Lipinski definition) is 2. The van der Waals surface area contributed by atoms with E-state index in [1.54, 1.807) is 0 Å². The van der Waals surface area contributed by atoms with Gasteiger partial charge in [0.15, 0.2) is 0 Å². The molecule has 30 heavy (non-hydrogen) atoms. The summed E-state index contributed by atoms with van der Waals surface area (Å²) in [6.45, 7) is 0. The molecular formula is C20H14F8OS. The molecule has 162 valence electrons. The summed E-state index contributed by atoms with van der Waals surface area (Å²) in [7, 11) is 0. The van der Waals surface area contributed by atoms with Gasteiger partial charge in [0.2, 0.25) is 0 Å². The highest BCUT2D eigenvalue weighted by atomic mass is 32.2. The Hall–Kier alpha value is -1.81. The smallest absolute Gasteiger partial charge is 0.382 e. The molecule has 0 radical (unpaired) electrons. The van der Waals surface area contributed by atoms with E-state index in [1.165, 1.54) is 6.07 Å². The molecule has 2 aliphatic carbocycles. The first-order chi connectivity index (χ1) is 13.9. The summed E-state index contributed by atoms with van der Waals surface area (Å²) in [5.74, 6) is -6.70. The summed E-state index contributed by atoms with van der Waals surface area (Å²) in [5.41, 5.74) is -5.87. The van der Waals surface area contributed by atoms with Crippen LogP contribution in [0.4, 0.5) is 35.1 Å². The van der Waals surface area contributed by atoms with Gasteiger partial charge in [0.25, 0.3) is 5.92 Å². The first-order valence-electron chi connectivity index (χ1n) is 8.99. The van der Waals surface area contributed by atoms with Crippen molar-refractivity contribution < 1.29 is 40.2 Å². The molecule has 10 heteroatoms. The van der Waals surface area contributed by atoms with Crippen molar-refractivity contribution >= 4 is 11.8 Å². The van der Waals surface area contributed by atoms with E-state index in [4.69, 9.17) is 0 Å². The number of alkyl halides is 6. The van der Waals surface area contributed by atoms with Gasteiger partial charge in [0.05, 0.1) is 0 Å². The molecule has 3 atom stereocenters. The maximum atomic E-state index is 14.6. The van der Waals surface area contributed by atoms with Gasteiger partial charge in [0, 0.05) is 34.4 Å². The van der Waals surface area contributed by atoms with E-state index in [0.29, 0.717) is 6.07 Å². The average molecular weight is 454 g/mol. The van der Waals surface area contributed by atoms with Crippen LogP contribution < -0.4 is 0 Å². The van der Waals surface area contributed by atoms with Crippen LogP contribution in [0.5, 0.6) is 0 Å². The van der Waals surface area contributed by atoms with E-state index >= 15 is 0 Å². The third-order valence-corrected chi connectivity index (χ3v) is 6.37. The van der Waals surface area contributed by atoms with Crippen LogP contribution in [0.25, 0.3) is 0 Å². The fraction of sp³-hybridized carbons (Fsp3) is 0.400. The van der Waals surface area contributed by atoms with E-state index in [9.17, 15) is 40.2 Å². The average Bonchev–Trinajstić information content (AvgIpc) is 2.85. The van der Waals surface area contributed by atoms with Crippen molar-refractivity contribution in [3.8, 4) is 0 Å². The van der Waals surface area contributed by atoms with Gasteiger partial charge in [0.1, 0.15) is 23.9 Å². The molecule has 2 aromatic carbocycles. The zero-order chi connectivity index (χ0) is 22.0. The fourth-order valence-corrected chi connectivity index (χ4v) is 5.13. The Bertz CT molecular complexity index is 1000. The molecule has 0 amide bonds. The largest absolute Gasteiger partial charge is 0.446 e. The number of rotatable bonds is 2. The lowest BCUT2D eigenvalue weighted by Crippen LogP contribution is -2.22. The second-order valence-corrected chi connectivity index (χ2v) is 8.53. The topological polar surface area (TPSA) is 20.2 Å². The van der Waals surface area contributed by atoms with Crippen LogP contribution in [0.1, 0.15) is 58.9 Å². The molecule has 0 unspecified atom stereocenters. The number of hydrogen-bond donors (Lipinski definition) is 1. The molecule has 4 rings (SSSR count). The molecule has 0 heterocycles. The van der Waals surface area contributed by atoms with Gasteiger partial charge >= 0.3 is 5.51 Å². The first kappa shape index (κ1) is 21.4. The van der Waals surface area contributed by atoms with Crippen molar-refractivity contribution in [3.63, 3.8) is 0 Å². The Morgan fingerprint density at radius 1 is 1.00 bits per heavy atom. The zero-order valence-electron chi connectivity index (χ0n) is 15.0. The van der Waals surface area contributed by atoms with Gasteiger partial charge in [-0.25, -0.2) is 22.0 Å². The van der Waals surface area contributed by atoms with Crippen molar-refractivity contribution in [2.24, 2.45) is 0 Å². The minimum atomic E-state index is -4.77. The molecule has 0 saturated carbocycles. The van der Waals surface area contributed by atoms with E-state index in [1.807, 2.05) is 0 Å². The van der Waals surface area contributed by atoms with Crippen molar-refractivity contribution in [2.75, 3.05) is 0 Å². The van der Waals surface area contributed by atoms with Crippen LogP contribution in [0.3, 0.4) is 0 Å². The molecule has 1 N–H and O–H groups in total. The monoisotopic (exact) mass is 454 g/mol. The molecule has 1 nitrogen and oxygen atoms in total. The summed E-state index contributed by atoms with van der Waals surface area (Å²) in [4.78, 5) is -0.565. The highest BCUT2D eigenvalue weighted by Crippen LogP contribution is 2.54. The predicted octanol–water partition coefficient (Wildman–Crippen LogP) is 6.74. The quantitative estimate of drug-likeness (QED) is 0.401. The lowest BCUT2D eigenvalue weighted by Gasteiger charge is -2.30. The molecule has 0 spiro atoms. The van der Waals surface area contributed by atoms with Crippen molar-refractivity contribution in [1.82, 2.24) is 0 Å². The minimum absolute atomic E-state index is 0.00339. The number of fused-ring (bicyclic) bond motifs is 2. The van der Waals surface area contributed by atoms with E-state index in [2.05, 4.69) is 0 Å². The van der Waals surface area contributed by atoms with Gasteiger partial charge in [-0.1, -0.05) is 6.07 Å². The van der Waals surface area contributed by atoms with Gasteiger partial charge in [-0.2, -0.15) is 13.2 Å². The van der Waals surface area contributed by atoms with Crippen molar-refractivity contribution in [3.05, 3.63) is 63.7 Å². The summed E-state index contributed by atoms with van der Waals surface area (Å²) >= 11 is -0.620. The first-order valence-corrected chi connectivity index (χ1v) is 9.81. The molecule has 0 saturated heterocycles. The normalized spacial score (nSPS) is 25.2. The van der Waals surface area contributed by atoms with Crippen LogP contribution in [-0.2, 0) is 6.42 Å². The van der Waals surface area contributed by atoms with E-state index in [-0.39, 0.29) is 35.1 Å². The fourth-order valence-electron chi connectivity index (χ4n) is 4.40. The minimum Gasteiger partial charge on any atom is -0.382 e. The van der Waals surface area contributed by atoms with E-state index in [0.717, 1.165) is 12.1 Å². The molecular weight excluding hydrogens is 440 g/mol. The molecule has 0 aromatic heterocycles. The number of thioether (sulfide) groups is 1. The third kappa shape index (κ3) is 3.57. The van der Waals surface area contributed by atoms with Crippen LogP contribution in [0.15, 0.2) is 29.2 Å². The van der Waals surface area contributed by atoms with Gasteiger partial charge in [-0.15, -0.1) is 0 Å². The number of halogens is 8. The van der Waals surface area contributed by atoms with E-state index < -0.39 is 69.9 Å². The summed E-state index contributed by atoms with van der Waals surface area (Å²) < 4.78 is 110. The van der Waals surface area contributed by atoms with Crippen LogP contribution in [0, 0.1) is 11.6 Å². The number of benzene rings is 2. The van der Waals surface area contributed by atoms with Gasteiger partial charge < -0.3 is 5.11 Å². The van der Waals surface area contributed by atoms with Crippen molar-refractivity contribution in [2.45, 2.75) is 53.8 Å². The zero-order valence-corrected chi connectivity index (χ0v) is 15.9.